The highest BCUT2D eigenvalue weighted by Gasteiger charge is 2.53. The van der Waals surface area contributed by atoms with E-state index < -0.39 is 30.6 Å². The number of rotatable bonds is 4. The molecular weight excluding hydrogens is 1380 g/mol. The molecule has 4 aliphatic carbocycles. The summed E-state index contributed by atoms with van der Waals surface area (Å²) in [6, 6.07) is 24.8. The first-order valence-electron chi connectivity index (χ1n) is 39.3. The van der Waals surface area contributed by atoms with Crippen molar-refractivity contribution in [2.24, 2.45) is 35.5 Å². The molecule has 2 spiro atoms. The van der Waals surface area contributed by atoms with Gasteiger partial charge >= 0.3 is 0 Å². The number of hydrogen-bond donors (Lipinski definition) is 5. The standard InChI is InChI=1S/C42H59ClN4O4S.C40H55ClN4O5S/c1-29-8-6-18-42(49,27-45-20-21-46-19-5-4-10-35(46)25-45)37-14-11-33(37)24-47-26-41(17-7-9-31-22-34(43)13-15-36(31)41)28-51-39-16-12-32(23-38(39)47)40(48)44-52(3,50)30(29)2;1-26-6-4-15-40(47,24-44-21-34-37(22-44)49-17-16-42-34)33-11-8-30(33)20-45-23-39(14-5-7-28-18-31(41)10-12-32(28)39)25-50-36-13-9-29(19-35(36)45)38(46)43-51(3,48)27(26)2/h12-13,15-16,22-23,29-30,33,35,37,49H,3-11,14,17-21,24-28H2,1-2H3,(H,44,48,50);9-10,12-13,18-19,26-27,30,33-34,37,42,47H,3-8,11,14-17,20-25H2,1-2H3,(H,43,46,48)/t29-,30+,33-,35-,37+,41-,42-,52?;26-,27+,30-,33+,34-,37-,39-,40+,51?/m00/s1. The van der Waals surface area contributed by atoms with Crippen molar-refractivity contribution in [3.05, 3.63) is 116 Å². The number of halogens is 2. The molecule has 0 aromatic heterocycles. The van der Waals surface area contributed by atoms with Gasteiger partial charge in [-0.2, -0.15) is 0 Å². The number of benzene rings is 4. The van der Waals surface area contributed by atoms with Gasteiger partial charge in [0.15, 0.2) is 0 Å². The molecule has 4 aromatic rings. The van der Waals surface area contributed by atoms with Gasteiger partial charge in [0.25, 0.3) is 11.8 Å². The van der Waals surface area contributed by atoms with Crippen LogP contribution in [0.4, 0.5) is 11.4 Å². The quantitative estimate of drug-likeness (QED) is 0.121. The van der Waals surface area contributed by atoms with Crippen LogP contribution in [0.1, 0.15) is 180 Å². The molecule has 5 N–H and O–H groups in total. The SMILES string of the molecule is C=S1(=O)NC(=O)c2ccc3c(c2)N(C[C@@H]2CC[C@H]2[C@@](O)(CN2CCN4CCCC[C@H]4C2)CCC[C@H](C)[C@H]1C)C[C@@]1(CCCc2cc(Cl)ccc21)CO3.C=S1(=O)NC(=O)c2ccc3c(c2)N(C[C@@H]2CC[C@H]2[C@](O)(CN2C[C@@H]4NCCO[C@H]4C2)CCC[C@H](C)[C@H]1C)C[C@@]1(CCCc2cc(Cl)ccc21)CO3. The first-order chi connectivity index (χ1) is 49.4. The summed E-state index contributed by atoms with van der Waals surface area (Å²) in [5.41, 5.74) is 5.73. The normalized spacial score (nSPS) is 38.1. The van der Waals surface area contributed by atoms with Crippen molar-refractivity contribution in [2.45, 2.75) is 200 Å². The van der Waals surface area contributed by atoms with Gasteiger partial charge in [-0.3, -0.25) is 33.7 Å². The minimum Gasteiger partial charge on any atom is -0.490 e. The number of morpholine rings is 1. The highest BCUT2D eigenvalue weighted by Crippen LogP contribution is 2.53. The van der Waals surface area contributed by atoms with Crippen molar-refractivity contribution < 1.29 is 42.4 Å². The number of piperazine rings is 1. The number of β-amino-alcohol motifs (C(OH)–C–C–N with tert-alkyl or cyclic N) is 2. The average molecular weight is 1490 g/mol. The van der Waals surface area contributed by atoms with E-state index in [0.29, 0.717) is 61.9 Å². The molecule has 8 heterocycles. The largest absolute Gasteiger partial charge is 0.490 e. The number of piperidine rings is 1. The number of anilines is 2. The molecule has 17 nitrogen and oxygen atoms in total. The van der Waals surface area contributed by atoms with Gasteiger partial charge in [0.1, 0.15) is 11.5 Å². The third kappa shape index (κ3) is 15.1. The number of carbonyl (C=O) groups excluding carboxylic acids is 2. The second-order valence-electron chi connectivity index (χ2n) is 34.2. The van der Waals surface area contributed by atoms with Crippen molar-refractivity contribution in [2.75, 3.05) is 115 Å². The molecule has 103 heavy (non-hydrogen) atoms. The van der Waals surface area contributed by atoms with Crippen LogP contribution in [0, 0.1) is 35.5 Å². The molecular formula is C82H114Cl2N8O9S2. The first kappa shape index (κ1) is 73.9. The van der Waals surface area contributed by atoms with Gasteiger partial charge < -0.3 is 39.5 Å². The Morgan fingerprint density at radius 1 is 0.563 bits per heavy atom. The molecule has 2 amide bonds. The summed E-state index contributed by atoms with van der Waals surface area (Å²) >= 11 is 13.0. The van der Waals surface area contributed by atoms with E-state index >= 15 is 0 Å². The van der Waals surface area contributed by atoms with Crippen molar-refractivity contribution >= 4 is 77.5 Å². The van der Waals surface area contributed by atoms with Gasteiger partial charge in [-0.25, -0.2) is 8.42 Å². The van der Waals surface area contributed by atoms with Crippen LogP contribution in [0.25, 0.3) is 0 Å². The maximum Gasteiger partial charge on any atom is 0.262 e. The molecule has 16 rings (SSSR count). The molecule has 4 saturated heterocycles. The van der Waals surface area contributed by atoms with E-state index in [-0.39, 0.29) is 68.8 Å². The minimum atomic E-state index is -2.95. The van der Waals surface area contributed by atoms with Gasteiger partial charge in [0.2, 0.25) is 0 Å². The third-order valence-corrected chi connectivity index (χ3v) is 32.6. The summed E-state index contributed by atoms with van der Waals surface area (Å²) in [6.45, 7) is 21.2. The Morgan fingerprint density at radius 2 is 1.09 bits per heavy atom. The maximum atomic E-state index is 14.0. The van der Waals surface area contributed by atoms with Gasteiger partial charge in [-0.05, 0) is 253 Å². The zero-order valence-corrected chi connectivity index (χ0v) is 64.6. The lowest BCUT2D eigenvalue weighted by Gasteiger charge is -2.53. The zero-order chi connectivity index (χ0) is 71.8. The van der Waals surface area contributed by atoms with Crippen LogP contribution in [-0.4, -0.2) is 202 Å². The average Bonchev–Trinajstić information content (AvgIpc) is 1.69. The monoisotopic (exact) mass is 1490 g/mol. The molecule has 4 bridgehead atoms. The summed E-state index contributed by atoms with van der Waals surface area (Å²) in [4.78, 5) is 40.1. The number of fused-ring (bicyclic) bond motifs is 10. The smallest absolute Gasteiger partial charge is 0.262 e. The predicted octanol–water partition coefficient (Wildman–Crippen LogP) is 11.1. The molecule has 8 aliphatic heterocycles. The van der Waals surface area contributed by atoms with Gasteiger partial charge in [0, 0.05) is 133 Å². The van der Waals surface area contributed by atoms with E-state index in [0.717, 1.165) is 201 Å². The molecule has 562 valence electrons. The van der Waals surface area contributed by atoms with Crippen LogP contribution in [0.2, 0.25) is 10.0 Å². The topological polar surface area (TPSA) is 189 Å². The Balaban J connectivity index is 0.000000166. The number of hydrogen-bond acceptors (Lipinski definition) is 15. The third-order valence-electron chi connectivity index (χ3n) is 27.7. The van der Waals surface area contributed by atoms with Crippen molar-refractivity contribution in [1.82, 2.24) is 29.5 Å². The number of amides is 2. The fourth-order valence-corrected chi connectivity index (χ4v) is 24.5. The zero-order valence-electron chi connectivity index (χ0n) is 61.5. The number of aliphatic hydroxyl groups is 2. The highest BCUT2D eigenvalue weighted by molar-refractivity contribution is 7.99. The molecule has 4 aromatic carbocycles. The van der Waals surface area contributed by atoms with E-state index in [2.05, 4.69) is 89.1 Å². The number of aryl methyl sites for hydroxylation is 2. The number of carbonyl (C=O) groups is 2. The van der Waals surface area contributed by atoms with E-state index in [9.17, 15) is 28.2 Å². The van der Waals surface area contributed by atoms with Gasteiger partial charge in [0.05, 0.1) is 67.9 Å². The molecule has 12 aliphatic rings. The van der Waals surface area contributed by atoms with Crippen LogP contribution in [-0.2, 0) is 47.8 Å². The summed E-state index contributed by atoms with van der Waals surface area (Å²) in [5.74, 6) is 9.96. The van der Waals surface area contributed by atoms with Crippen LogP contribution in [0.15, 0.2) is 72.8 Å². The second-order valence-corrected chi connectivity index (χ2v) is 39.9. The number of nitrogens with zero attached hydrogens (tertiary/aromatic N) is 5. The summed E-state index contributed by atoms with van der Waals surface area (Å²) in [6.07, 6.45) is 18.9. The van der Waals surface area contributed by atoms with E-state index in [1.165, 1.54) is 48.1 Å². The first-order valence-corrected chi connectivity index (χ1v) is 43.7. The molecule has 21 heteroatoms. The Bertz CT molecular complexity index is 4020. The summed E-state index contributed by atoms with van der Waals surface area (Å²) in [5, 5.41) is 30.4. The fourth-order valence-electron chi connectivity index (χ4n) is 21.1. The molecule has 6 fully saturated rings. The number of ether oxygens (including phenoxy) is 3. The van der Waals surface area contributed by atoms with Gasteiger partial charge in [-0.15, -0.1) is 0 Å². The fraction of sp³-hybridized carbons (Fsp3) is 0.659. The predicted molar refractivity (Wildman–Crippen MR) is 417 cm³/mol. The molecule has 2 saturated carbocycles. The van der Waals surface area contributed by atoms with Crippen LogP contribution < -0.4 is 34.0 Å². The lowest BCUT2D eigenvalue weighted by Crippen LogP contribution is -2.61. The molecule has 2 unspecified atom stereocenters. The van der Waals surface area contributed by atoms with E-state index in [1.54, 1.807) is 12.1 Å². The second kappa shape index (κ2) is 29.7. The minimum absolute atomic E-state index is 0.0530. The Kier molecular flexibility index (Phi) is 21.3. The Labute approximate surface area is 623 Å². The van der Waals surface area contributed by atoms with Crippen LogP contribution in [0.5, 0.6) is 11.5 Å². The maximum absolute atomic E-state index is 14.0. The lowest BCUT2D eigenvalue weighted by molar-refractivity contribution is -0.114. The van der Waals surface area contributed by atoms with Gasteiger partial charge in [-0.1, -0.05) is 68.4 Å². The lowest BCUT2D eigenvalue weighted by atomic mass is 9.62. The van der Waals surface area contributed by atoms with Crippen molar-refractivity contribution in [3.63, 3.8) is 0 Å². The highest BCUT2D eigenvalue weighted by atomic mass is 35.5. The van der Waals surface area contributed by atoms with Crippen LogP contribution in [0.3, 0.4) is 0 Å². The molecule has 17 atom stereocenters. The Morgan fingerprint density at radius 3 is 1.59 bits per heavy atom. The van der Waals surface area contributed by atoms with E-state index in [1.807, 2.05) is 50.2 Å². The summed E-state index contributed by atoms with van der Waals surface area (Å²) < 4.78 is 53.3. The Hall–Kier alpha value is -4.64. The number of nitrogens with one attached hydrogen (secondary N) is 3. The van der Waals surface area contributed by atoms with Crippen LogP contribution >= 0.6 is 23.2 Å². The van der Waals surface area contributed by atoms with Crippen molar-refractivity contribution in [3.8, 4) is 11.5 Å². The molecule has 0 radical (unpaired) electrons. The summed E-state index contributed by atoms with van der Waals surface area (Å²) in [7, 11) is -5.89. The van der Waals surface area contributed by atoms with Crippen molar-refractivity contribution in [1.29, 1.82) is 0 Å². The van der Waals surface area contributed by atoms with E-state index in [4.69, 9.17) is 37.4 Å². The number of likely N-dealkylation sites (tertiary alicyclic amines) is 1.